The zero-order valence-corrected chi connectivity index (χ0v) is 17.4. The van der Waals surface area contributed by atoms with Gasteiger partial charge in [0.15, 0.2) is 11.5 Å². The number of aromatic amines is 2. The minimum atomic E-state index is -0.311. The third kappa shape index (κ3) is 3.84. The molecule has 0 unspecified atom stereocenters. The van der Waals surface area contributed by atoms with E-state index in [0.717, 1.165) is 5.69 Å². The molecule has 0 radical (unpaired) electrons. The van der Waals surface area contributed by atoms with Gasteiger partial charge in [0.2, 0.25) is 11.9 Å². The van der Waals surface area contributed by atoms with Crippen molar-refractivity contribution in [3.63, 3.8) is 0 Å². The molecule has 3 aromatic heterocycles. The number of aromatic nitrogens is 6. The molecular weight excluding hydrogens is 402 g/mol. The Balaban J connectivity index is 1.54. The van der Waals surface area contributed by atoms with E-state index in [1.54, 1.807) is 43.9 Å². The zero-order chi connectivity index (χ0) is 22.1. The third-order valence-electron chi connectivity index (χ3n) is 4.94. The van der Waals surface area contributed by atoms with Gasteiger partial charge in [-0.25, -0.2) is 9.50 Å². The number of carbonyl (C=O) groups excluding carboxylic acids is 1. The number of ether oxygens (including phenoxy) is 2. The van der Waals surface area contributed by atoms with Gasteiger partial charge in [0.05, 0.1) is 26.2 Å². The maximum atomic E-state index is 12.6. The van der Waals surface area contributed by atoms with Crippen molar-refractivity contribution in [3.05, 3.63) is 51.6 Å². The van der Waals surface area contributed by atoms with Crippen LogP contribution in [0.15, 0.2) is 29.1 Å². The Labute approximate surface area is 176 Å². The van der Waals surface area contributed by atoms with Crippen LogP contribution in [0, 0.1) is 13.8 Å². The highest BCUT2D eigenvalue weighted by Crippen LogP contribution is 2.31. The molecule has 31 heavy (non-hydrogen) atoms. The number of benzene rings is 1. The summed E-state index contributed by atoms with van der Waals surface area (Å²) in [5.74, 6) is 1.47. The first kappa shape index (κ1) is 20.1. The van der Waals surface area contributed by atoms with Crippen molar-refractivity contribution >= 4 is 17.5 Å². The lowest BCUT2D eigenvalue weighted by Crippen LogP contribution is -2.18. The number of rotatable bonds is 6. The lowest BCUT2D eigenvalue weighted by Gasteiger charge is -2.10. The van der Waals surface area contributed by atoms with E-state index in [-0.39, 0.29) is 23.8 Å². The van der Waals surface area contributed by atoms with E-state index >= 15 is 0 Å². The molecule has 0 bridgehead atoms. The molecule has 1 amide bonds. The van der Waals surface area contributed by atoms with Gasteiger partial charge in [0, 0.05) is 29.1 Å². The van der Waals surface area contributed by atoms with Crippen LogP contribution in [-0.2, 0) is 11.2 Å². The summed E-state index contributed by atoms with van der Waals surface area (Å²) in [4.78, 5) is 32.9. The van der Waals surface area contributed by atoms with Gasteiger partial charge in [-0.1, -0.05) is 0 Å². The minimum Gasteiger partial charge on any atom is -0.497 e. The number of nitrogens with one attached hydrogen (secondary N) is 3. The second kappa shape index (κ2) is 7.94. The quantitative estimate of drug-likeness (QED) is 0.428. The molecule has 0 aliphatic carbocycles. The molecule has 0 saturated carbocycles. The molecule has 11 nitrogen and oxygen atoms in total. The van der Waals surface area contributed by atoms with Gasteiger partial charge in [-0.05, 0) is 26.0 Å². The van der Waals surface area contributed by atoms with E-state index in [9.17, 15) is 9.59 Å². The molecule has 0 spiro atoms. The molecule has 0 saturated heterocycles. The van der Waals surface area contributed by atoms with Crippen LogP contribution in [0.25, 0.3) is 17.0 Å². The summed E-state index contributed by atoms with van der Waals surface area (Å²) in [6, 6.07) is 6.71. The number of hydrogen-bond acceptors (Lipinski definition) is 7. The molecule has 0 aliphatic rings. The van der Waals surface area contributed by atoms with Crippen molar-refractivity contribution in [3.8, 4) is 22.9 Å². The second-order valence-corrected chi connectivity index (χ2v) is 6.87. The molecule has 0 aliphatic heterocycles. The molecule has 160 valence electrons. The first-order valence-corrected chi connectivity index (χ1v) is 9.42. The molecule has 4 aromatic rings. The standard InChI is InChI=1S/C20H21N7O4/c1-10-14(11(2)27-16(21-10)9-18(29)26-27)8-17(28)22-20-23-19(24-25-20)13-6-5-12(30-3)7-15(13)31-4/h5-7,9H,8H2,1-4H3,(H,26,29)(H2,22,23,24,25,28). The Bertz CT molecular complexity index is 1340. The fourth-order valence-corrected chi connectivity index (χ4v) is 3.37. The molecule has 3 N–H and O–H groups in total. The average molecular weight is 423 g/mol. The maximum Gasteiger partial charge on any atom is 0.266 e. The van der Waals surface area contributed by atoms with E-state index in [0.29, 0.717) is 39.8 Å². The lowest BCUT2D eigenvalue weighted by molar-refractivity contribution is -0.115. The number of anilines is 1. The summed E-state index contributed by atoms with van der Waals surface area (Å²) < 4.78 is 12.2. The number of methoxy groups -OCH3 is 2. The van der Waals surface area contributed by atoms with Crippen LogP contribution in [0.2, 0.25) is 0 Å². The predicted molar refractivity (Wildman–Crippen MR) is 113 cm³/mol. The largest absolute Gasteiger partial charge is 0.497 e. The zero-order valence-electron chi connectivity index (χ0n) is 17.4. The number of carbonyl (C=O) groups is 1. The monoisotopic (exact) mass is 423 g/mol. The van der Waals surface area contributed by atoms with Gasteiger partial charge < -0.3 is 9.47 Å². The van der Waals surface area contributed by atoms with E-state index in [1.165, 1.54) is 6.07 Å². The summed E-state index contributed by atoms with van der Waals surface area (Å²) >= 11 is 0. The van der Waals surface area contributed by atoms with Crippen LogP contribution in [0.1, 0.15) is 17.0 Å². The van der Waals surface area contributed by atoms with Gasteiger partial charge in [0.1, 0.15) is 11.5 Å². The van der Waals surface area contributed by atoms with Crippen molar-refractivity contribution in [1.82, 2.24) is 29.8 Å². The van der Waals surface area contributed by atoms with E-state index in [1.807, 2.05) is 6.92 Å². The number of nitrogens with zero attached hydrogens (tertiary/aromatic N) is 4. The summed E-state index contributed by atoms with van der Waals surface area (Å²) in [6.07, 6.45) is 0.0521. The molecular formula is C20H21N7O4. The van der Waals surface area contributed by atoms with Gasteiger partial charge in [-0.3, -0.25) is 25.1 Å². The van der Waals surface area contributed by atoms with Gasteiger partial charge in [0.25, 0.3) is 5.56 Å². The summed E-state index contributed by atoms with van der Waals surface area (Å²) in [5, 5.41) is 12.2. The van der Waals surface area contributed by atoms with Crippen LogP contribution in [0.3, 0.4) is 0 Å². The van der Waals surface area contributed by atoms with Crippen molar-refractivity contribution in [2.45, 2.75) is 20.3 Å². The highest BCUT2D eigenvalue weighted by atomic mass is 16.5. The Kier molecular flexibility index (Phi) is 5.15. The summed E-state index contributed by atoms with van der Waals surface area (Å²) in [7, 11) is 3.12. The Morgan fingerprint density at radius 3 is 2.71 bits per heavy atom. The predicted octanol–water partition coefficient (Wildman–Crippen LogP) is 1.62. The maximum absolute atomic E-state index is 12.6. The lowest BCUT2D eigenvalue weighted by atomic mass is 10.1. The fourth-order valence-electron chi connectivity index (χ4n) is 3.37. The third-order valence-corrected chi connectivity index (χ3v) is 4.94. The molecule has 0 fully saturated rings. The molecule has 1 aromatic carbocycles. The summed E-state index contributed by atoms with van der Waals surface area (Å²) in [5.41, 5.74) is 3.05. The van der Waals surface area contributed by atoms with Crippen molar-refractivity contribution in [2.75, 3.05) is 19.5 Å². The Morgan fingerprint density at radius 1 is 1.16 bits per heavy atom. The van der Waals surface area contributed by atoms with Crippen molar-refractivity contribution < 1.29 is 14.3 Å². The topological polar surface area (TPSA) is 139 Å². The Hall–Kier alpha value is -4.15. The second-order valence-electron chi connectivity index (χ2n) is 6.87. The number of fused-ring (bicyclic) bond motifs is 1. The van der Waals surface area contributed by atoms with Gasteiger partial charge in [-0.15, -0.1) is 5.10 Å². The highest BCUT2D eigenvalue weighted by molar-refractivity contribution is 5.91. The molecule has 0 atom stereocenters. The van der Waals surface area contributed by atoms with Crippen molar-refractivity contribution in [2.24, 2.45) is 0 Å². The van der Waals surface area contributed by atoms with E-state index in [4.69, 9.17) is 9.47 Å². The van der Waals surface area contributed by atoms with Gasteiger partial charge in [-0.2, -0.15) is 4.98 Å². The number of amides is 1. The van der Waals surface area contributed by atoms with E-state index < -0.39 is 0 Å². The first-order chi connectivity index (χ1) is 14.9. The fraction of sp³-hybridized carbons (Fsp3) is 0.250. The van der Waals surface area contributed by atoms with E-state index in [2.05, 4.69) is 30.6 Å². The number of aryl methyl sites for hydroxylation is 2. The SMILES string of the molecule is COc1ccc(-c2nc(NC(=O)Cc3c(C)nc4cc(=O)[nH]n4c3C)n[nH]2)c(OC)c1. The molecule has 3 heterocycles. The highest BCUT2D eigenvalue weighted by Gasteiger charge is 2.17. The average Bonchev–Trinajstić information content (AvgIpc) is 3.36. The van der Waals surface area contributed by atoms with Crippen molar-refractivity contribution in [1.29, 1.82) is 0 Å². The molecule has 4 rings (SSSR count). The van der Waals surface area contributed by atoms with Crippen LogP contribution >= 0.6 is 0 Å². The van der Waals surface area contributed by atoms with Crippen LogP contribution in [-0.4, -0.2) is 49.9 Å². The smallest absolute Gasteiger partial charge is 0.266 e. The summed E-state index contributed by atoms with van der Waals surface area (Å²) in [6.45, 7) is 3.62. The molecule has 11 heteroatoms. The van der Waals surface area contributed by atoms with Crippen LogP contribution in [0.4, 0.5) is 5.95 Å². The van der Waals surface area contributed by atoms with Crippen LogP contribution in [0.5, 0.6) is 11.5 Å². The van der Waals surface area contributed by atoms with Crippen LogP contribution < -0.4 is 20.3 Å². The first-order valence-electron chi connectivity index (χ1n) is 9.42. The minimum absolute atomic E-state index is 0.0521. The number of H-pyrrole nitrogens is 2. The Morgan fingerprint density at radius 2 is 1.97 bits per heavy atom. The van der Waals surface area contributed by atoms with Gasteiger partial charge >= 0.3 is 0 Å². The number of hydrogen-bond donors (Lipinski definition) is 3. The normalized spacial score (nSPS) is 11.0.